The Bertz CT molecular complexity index is 305. The highest BCUT2D eigenvalue weighted by molar-refractivity contribution is 6.67. The average molecular weight is 171 g/mol. The molecule has 0 bridgehead atoms. The van der Waals surface area contributed by atoms with Gasteiger partial charge in [0.1, 0.15) is 11.5 Å². The molecule has 3 nitrogen and oxygen atoms in total. The van der Waals surface area contributed by atoms with Crippen LogP contribution < -0.4 is 0 Å². The van der Waals surface area contributed by atoms with Crippen LogP contribution in [-0.2, 0) is 13.0 Å². The van der Waals surface area contributed by atoms with Crippen LogP contribution in [0.3, 0.4) is 0 Å². The molecular formula is C7H7ClN2O. The molecule has 0 aromatic carbocycles. The van der Waals surface area contributed by atoms with Crippen LogP contribution in [0.25, 0.3) is 0 Å². The number of nitrogens with zero attached hydrogens (tertiary/aromatic N) is 2. The lowest BCUT2D eigenvalue weighted by molar-refractivity contribution is 0.107. The minimum atomic E-state index is -0.411. The van der Waals surface area contributed by atoms with Gasteiger partial charge in [-0.25, -0.2) is 4.98 Å². The van der Waals surface area contributed by atoms with Crippen LogP contribution in [0.5, 0.6) is 0 Å². The summed E-state index contributed by atoms with van der Waals surface area (Å²) in [5, 5.41) is -0.411. The number of hydrogen-bond donors (Lipinski definition) is 0. The van der Waals surface area contributed by atoms with Crippen molar-refractivity contribution in [1.29, 1.82) is 0 Å². The van der Waals surface area contributed by atoms with Crippen molar-refractivity contribution in [3.05, 3.63) is 17.7 Å². The normalized spacial score (nSPS) is 15.0. The first-order valence-electron chi connectivity index (χ1n) is 3.53. The Hall–Kier alpha value is -0.830. The molecule has 1 aliphatic heterocycles. The molecule has 0 saturated heterocycles. The van der Waals surface area contributed by atoms with Gasteiger partial charge in [-0.05, 0) is 18.0 Å². The van der Waals surface area contributed by atoms with E-state index in [4.69, 9.17) is 11.6 Å². The van der Waals surface area contributed by atoms with Gasteiger partial charge in [-0.3, -0.25) is 4.79 Å². The lowest BCUT2D eigenvalue weighted by Crippen LogP contribution is -2.01. The number of halogens is 1. The molecule has 0 radical (unpaired) electrons. The summed E-state index contributed by atoms with van der Waals surface area (Å²) in [5.74, 6) is 0.981. The van der Waals surface area contributed by atoms with E-state index < -0.39 is 5.24 Å². The molecule has 1 aliphatic rings. The van der Waals surface area contributed by atoms with Crippen LogP contribution in [0.15, 0.2) is 6.20 Å². The zero-order valence-corrected chi connectivity index (χ0v) is 6.64. The summed E-state index contributed by atoms with van der Waals surface area (Å²) >= 11 is 5.33. The van der Waals surface area contributed by atoms with Crippen molar-refractivity contribution in [1.82, 2.24) is 9.55 Å². The molecule has 2 heterocycles. The maximum absolute atomic E-state index is 10.8. The molecule has 0 aliphatic carbocycles. The first kappa shape index (κ1) is 6.85. The van der Waals surface area contributed by atoms with E-state index in [1.807, 2.05) is 4.57 Å². The van der Waals surface area contributed by atoms with Gasteiger partial charge < -0.3 is 4.57 Å². The van der Waals surface area contributed by atoms with Crippen molar-refractivity contribution in [3.63, 3.8) is 0 Å². The van der Waals surface area contributed by atoms with Gasteiger partial charge in [0.2, 0.25) is 0 Å². The summed E-state index contributed by atoms with van der Waals surface area (Å²) in [6.07, 6.45) is 3.58. The van der Waals surface area contributed by atoms with E-state index >= 15 is 0 Å². The molecule has 0 fully saturated rings. The van der Waals surface area contributed by atoms with Gasteiger partial charge in [0, 0.05) is 13.0 Å². The van der Waals surface area contributed by atoms with E-state index in [0.29, 0.717) is 5.69 Å². The summed E-state index contributed by atoms with van der Waals surface area (Å²) in [5.41, 5.74) is 0.527. The highest BCUT2D eigenvalue weighted by atomic mass is 35.5. The lowest BCUT2D eigenvalue weighted by atomic mass is 10.4. The van der Waals surface area contributed by atoms with Gasteiger partial charge in [-0.2, -0.15) is 0 Å². The zero-order valence-electron chi connectivity index (χ0n) is 5.88. The van der Waals surface area contributed by atoms with Gasteiger partial charge >= 0.3 is 0 Å². The molecule has 0 spiro atoms. The fourth-order valence-corrected chi connectivity index (χ4v) is 1.57. The largest absolute Gasteiger partial charge is 0.325 e. The minimum Gasteiger partial charge on any atom is -0.325 e. The van der Waals surface area contributed by atoms with Crippen molar-refractivity contribution in [2.45, 2.75) is 19.4 Å². The van der Waals surface area contributed by atoms with E-state index in [2.05, 4.69) is 4.98 Å². The van der Waals surface area contributed by atoms with E-state index in [0.717, 1.165) is 25.2 Å². The average Bonchev–Trinajstić information content (AvgIpc) is 2.41. The molecule has 0 saturated carbocycles. The smallest absolute Gasteiger partial charge is 0.270 e. The van der Waals surface area contributed by atoms with Crippen LogP contribution in [0.1, 0.15) is 22.7 Å². The number of fused-ring (bicyclic) bond motifs is 1. The highest BCUT2D eigenvalue weighted by Gasteiger charge is 2.18. The number of hydrogen-bond acceptors (Lipinski definition) is 2. The third-order valence-corrected chi connectivity index (χ3v) is 2.12. The Balaban J connectivity index is 2.50. The second kappa shape index (κ2) is 2.34. The summed E-state index contributed by atoms with van der Waals surface area (Å²) < 4.78 is 1.88. The zero-order chi connectivity index (χ0) is 7.84. The maximum atomic E-state index is 10.8. The minimum absolute atomic E-state index is 0.411. The number of aryl methyl sites for hydroxylation is 1. The Morgan fingerprint density at radius 3 is 3.27 bits per heavy atom. The van der Waals surface area contributed by atoms with Crippen LogP contribution in [-0.4, -0.2) is 14.8 Å². The molecule has 0 N–H and O–H groups in total. The lowest BCUT2D eigenvalue weighted by Gasteiger charge is -1.97. The van der Waals surface area contributed by atoms with Crippen LogP contribution >= 0.6 is 11.6 Å². The van der Waals surface area contributed by atoms with Crippen LogP contribution in [0, 0.1) is 0 Å². The topological polar surface area (TPSA) is 34.9 Å². The molecule has 1 aromatic rings. The van der Waals surface area contributed by atoms with Crippen LogP contribution in [0.2, 0.25) is 0 Å². The van der Waals surface area contributed by atoms with E-state index in [9.17, 15) is 4.79 Å². The van der Waals surface area contributed by atoms with Crippen LogP contribution in [0.4, 0.5) is 0 Å². The van der Waals surface area contributed by atoms with Gasteiger partial charge in [0.15, 0.2) is 0 Å². The third-order valence-electron chi connectivity index (χ3n) is 1.92. The van der Waals surface area contributed by atoms with Gasteiger partial charge in [0.05, 0.1) is 6.20 Å². The number of carbonyl (C=O) groups is 1. The standard InChI is InChI=1S/C7H7ClN2O/c8-7(11)5-4-9-6-2-1-3-10(5)6/h4H,1-3H2. The molecular weight excluding hydrogens is 164 g/mol. The summed E-state index contributed by atoms with van der Waals surface area (Å²) in [4.78, 5) is 14.8. The van der Waals surface area contributed by atoms with E-state index in [1.54, 1.807) is 6.20 Å². The second-order valence-corrected chi connectivity index (χ2v) is 2.93. The predicted octanol–water partition coefficient (Wildman–Crippen LogP) is 1.21. The highest BCUT2D eigenvalue weighted by Crippen LogP contribution is 2.16. The molecule has 11 heavy (non-hydrogen) atoms. The number of aromatic nitrogens is 2. The van der Waals surface area contributed by atoms with Crippen molar-refractivity contribution in [3.8, 4) is 0 Å². The Kier molecular flexibility index (Phi) is 1.46. The second-order valence-electron chi connectivity index (χ2n) is 2.59. The molecule has 0 amide bonds. The van der Waals surface area contributed by atoms with Gasteiger partial charge in [-0.15, -0.1) is 0 Å². The Labute approximate surface area is 69.0 Å². The van der Waals surface area contributed by atoms with Crippen molar-refractivity contribution >= 4 is 16.8 Å². The SMILES string of the molecule is O=C(Cl)c1cnc2n1CCC2. The van der Waals surface area contributed by atoms with Crippen molar-refractivity contribution < 1.29 is 4.79 Å². The molecule has 4 heteroatoms. The van der Waals surface area contributed by atoms with Gasteiger partial charge in [0.25, 0.3) is 5.24 Å². The molecule has 2 rings (SSSR count). The molecule has 1 aromatic heterocycles. The quantitative estimate of drug-likeness (QED) is 0.594. The molecule has 0 atom stereocenters. The fraction of sp³-hybridized carbons (Fsp3) is 0.429. The Morgan fingerprint density at radius 2 is 2.55 bits per heavy atom. The van der Waals surface area contributed by atoms with Crippen molar-refractivity contribution in [2.24, 2.45) is 0 Å². The monoisotopic (exact) mass is 170 g/mol. The number of imidazole rings is 1. The first-order valence-corrected chi connectivity index (χ1v) is 3.91. The van der Waals surface area contributed by atoms with Gasteiger partial charge in [-0.1, -0.05) is 0 Å². The first-order chi connectivity index (χ1) is 5.29. The summed E-state index contributed by atoms with van der Waals surface area (Å²) in [6.45, 7) is 0.878. The Morgan fingerprint density at radius 1 is 1.73 bits per heavy atom. The fourth-order valence-electron chi connectivity index (χ4n) is 1.42. The molecule has 0 unspecified atom stereocenters. The number of carbonyl (C=O) groups excluding carboxylic acids is 1. The van der Waals surface area contributed by atoms with Crippen molar-refractivity contribution in [2.75, 3.05) is 0 Å². The predicted molar refractivity (Wildman–Crippen MR) is 40.7 cm³/mol. The summed E-state index contributed by atoms with van der Waals surface area (Å²) in [7, 11) is 0. The molecule has 58 valence electrons. The van der Waals surface area contributed by atoms with E-state index in [-0.39, 0.29) is 0 Å². The third kappa shape index (κ3) is 0.959. The number of rotatable bonds is 1. The summed E-state index contributed by atoms with van der Waals surface area (Å²) in [6, 6.07) is 0. The maximum Gasteiger partial charge on any atom is 0.270 e. The van der Waals surface area contributed by atoms with E-state index in [1.165, 1.54) is 0 Å².